The molecule has 0 bridgehead atoms. The number of carbonyl (C=O) groups is 1. The predicted octanol–water partition coefficient (Wildman–Crippen LogP) is 3.19. The zero-order chi connectivity index (χ0) is 21.6. The number of rotatable bonds is 7. The van der Waals surface area contributed by atoms with Crippen LogP contribution in [0.15, 0.2) is 29.3 Å². The van der Waals surface area contributed by atoms with Crippen LogP contribution in [0.4, 0.5) is 5.69 Å². The molecule has 9 heteroatoms. The molecule has 1 atom stereocenters. The number of carbonyl (C=O) groups excluding carboxylic acids is 1. The van der Waals surface area contributed by atoms with Gasteiger partial charge in [0.25, 0.3) is 0 Å². The van der Waals surface area contributed by atoms with Crippen molar-refractivity contribution in [2.45, 2.75) is 63.6 Å². The summed E-state index contributed by atoms with van der Waals surface area (Å²) in [6.07, 6.45) is 9.12. The number of sulfonamides is 1. The van der Waals surface area contributed by atoms with E-state index < -0.39 is 10.0 Å². The fraction of sp³-hybridized carbons (Fsp3) is 0.619. The summed E-state index contributed by atoms with van der Waals surface area (Å²) in [6, 6.07) is 7.61. The van der Waals surface area contributed by atoms with Crippen LogP contribution in [0.5, 0.6) is 0 Å². The topological polar surface area (TPSA) is 90.9 Å². The number of anilines is 1. The van der Waals surface area contributed by atoms with Gasteiger partial charge in [0, 0.05) is 37.5 Å². The number of aliphatic imine (C=N–C) groups is 1. The number of benzene rings is 1. The Hall–Kier alpha value is -1.74. The van der Waals surface area contributed by atoms with Crippen molar-refractivity contribution in [3.05, 3.63) is 29.8 Å². The minimum absolute atomic E-state index is 0.0153. The molecule has 1 saturated heterocycles. The average Bonchev–Trinajstić information content (AvgIpc) is 2.87. The quantitative estimate of drug-likeness (QED) is 0.620. The van der Waals surface area contributed by atoms with Crippen LogP contribution in [0.3, 0.4) is 0 Å². The van der Waals surface area contributed by atoms with Crippen molar-refractivity contribution in [1.82, 2.24) is 10.2 Å². The van der Waals surface area contributed by atoms with Gasteiger partial charge < -0.3 is 10.2 Å². The largest absolute Gasteiger partial charge is 0.352 e. The number of thioether (sulfide) groups is 1. The Morgan fingerprint density at radius 1 is 1.17 bits per heavy atom. The van der Waals surface area contributed by atoms with Crippen LogP contribution in [0, 0.1) is 0 Å². The lowest BCUT2D eigenvalue weighted by Gasteiger charge is -2.21. The van der Waals surface area contributed by atoms with Crippen LogP contribution in [0.25, 0.3) is 0 Å². The molecule has 1 unspecified atom stereocenters. The van der Waals surface area contributed by atoms with E-state index in [4.69, 9.17) is 4.99 Å². The molecule has 2 N–H and O–H groups in total. The van der Waals surface area contributed by atoms with Gasteiger partial charge in [-0.2, -0.15) is 0 Å². The highest BCUT2D eigenvalue weighted by molar-refractivity contribution is 8.14. The smallest absolute Gasteiger partial charge is 0.229 e. The van der Waals surface area contributed by atoms with E-state index in [-0.39, 0.29) is 11.9 Å². The Morgan fingerprint density at radius 3 is 2.47 bits per heavy atom. The molecule has 7 nitrogen and oxygen atoms in total. The van der Waals surface area contributed by atoms with E-state index >= 15 is 0 Å². The second-order valence-electron chi connectivity index (χ2n) is 8.18. The summed E-state index contributed by atoms with van der Waals surface area (Å²) in [7, 11) is -1.24. The third-order valence-corrected chi connectivity index (χ3v) is 7.35. The van der Waals surface area contributed by atoms with Crippen LogP contribution < -0.4 is 10.0 Å². The van der Waals surface area contributed by atoms with Crippen molar-refractivity contribution in [2.75, 3.05) is 23.8 Å². The Labute approximate surface area is 184 Å². The van der Waals surface area contributed by atoms with Crippen LogP contribution >= 0.6 is 11.8 Å². The number of amides is 1. The van der Waals surface area contributed by atoms with Gasteiger partial charge in [0.1, 0.15) is 0 Å². The van der Waals surface area contributed by atoms with E-state index in [1.54, 1.807) is 23.9 Å². The second-order valence-corrected chi connectivity index (χ2v) is 10.9. The number of nitrogens with one attached hydrogen (secondary N) is 2. The van der Waals surface area contributed by atoms with Crippen LogP contribution in [0.1, 0.15) is 50.5 Å². The lowest BCUT2D eigenvalue weighted by molar-refractivity contribution is -0.121. The summed E-state index contributed by atoms with van der Waals surface area (Å²) in [4.78, 5) is 19.6. The van der Waals surface area contributed by atoms with Crippen molar-refractivity contribution < 1.29 is 13.2 Å². The molecular weight excluding hydrogens is 420 g/mol. The lowest BCUT2D eigenvalue weighted by Crippen LogP contribution is -2.36. The van der Waals surface area contributed by atoms with E-state index in [1.807, 2.05) is 19.2 Å². The van der Waals surface area contributed by atoms with Crippen molar-refractivity contribution >= 4 is 38.5 Å². The molecular formula is C21H32N4O3S2. The molecule has 0 spiro atoms. The van der Waals surface area contributed by atoms with Crippen molar-refractivity contribution in [2.24, 2.45) is 4.99 Å². The molecule has 1 aromatic carbocycles. The molecule has 1 aliphatic carbocycles. The third-order valence-electron chi connectivity index (χ3n) is 5.54. The van der Waals surface area contributed by atoms with E-state index in [0.717, 1.165) is 22.7 Å². The first-order valence-electron chi connectivity index (χ1n) is 10.6. The number of hydrogen-bond acceptors (Lipinski definition) is 5. The maximum absolute atomic E-state index is 12.4. The van der Waals surface area contributed by atoms with Crippen LogP contribution in [-0.2, 0) is 21.4 Å². The molecule has 0 aromatic heterocycles. The molecule has 1 aliphatic heterocycles. The van der Waals surface area contributed by atoms with Gasteiger partial charge in [0.2, 0.25) is 15.9 Å². The molecule has 3 rings (SSSR count). The highest BCUT2D eigenvalue weighted by atomic mass is 32.2. The van der Waals surface area contributed by atoms with E-state index in [2.05, 4.69) is 14.9 Å². The zero-order valence-corrected chi connectivity index (χ0v) is 19.4. The molecule has 0 radical (unpaired) electrons. The van der Waals surface area contributed by atoms with Gasteiger partial charge in [0.05, 0.1) is 12.3 Å². The molecule has 166 valence electrons. The fourth-order valence-corrected chi connectivity index (χ4v) is 5.62. The third kappa shape index (κ3) is 7.19. The molecule has 30 heavy (non-hydrogen) atoms. The monoisotopic (exact) mass is 452 g/mol. The van der Waals surface area contributed by atoms with E-state index in [1.165, 1.54) is 38.5 Å². The Bertz CT molecular complexity index is 848. The average molecular weight is 453 g/mol. The van der Waals surface area contributed by atoms with Gasteiger partial charge in [-0.05, 0) is 30.5 Å². The Kier molecular flexibility index (Phi) is 8.05. The summed E-state index contributed by atoms with van der Waals surface area (Å²) < 4.78 is 24.9. The van der Waals surface area contributed by atoms with E-state index in [9.17, 15) is 13.2 Å². The minimum atomic E-state index is -3.29. The van der Waals surface area contributed by atoms with Crippen molar-refractivity contribution in [1.29, 1.82) is 0 Å². The van der Waals surface area contributed by atoms with Crippen molar-refractivity contribution in [3.63, 3.8) is 0 Å². The normalized spacial score (nSPS) is 22.1. The SMILES string of the molecule is CN1C(=NC2CCCCCC2)SCC1CC(=O)NCc1ccc(NS(C)(=O)=O)cc1. The first-order valence-corrected chi connectivity index (χ1v) is 13.4. The number of amidine groups is 1. The van der Waals surface area contributed by atoms with Gasteiger partial charge in [-0.15, -0.1) is 0 Å². The summed E-state index contributed by atoms with van der Waals surface area (Å²) in [5.41, 5.74) is 1.44. The fourth-order valence-electron chi connectivity index (χ4n) is 3.80. The Balaban J connectivity index is 1.45. The lowest BCUT2D eigenvalue weighted by atomic mass is 10.1. The maximum atomic E-state index is 12.4. The van der Waals surface area contributed by atoms with Gasteiger partial charge in [-0.25, -0.2) is 8.42 Å². The molecule has 1 amide bonds. The van der Waals surface area contributed by atoms with E-state index in [0.29, 0.717) is 24.7 Å². The van der Waals surface area contributed by atoms with Gasteiger partial charge in [-0.3, -0.25) is 14.5 Å². The summed E-state index contributed by atoms with van der Waals surface area (Å²) in [5, 5.41) is 4.04. The minimum Gasteiger partial charge on any atom is -0.352 e. The Morgan fingerprint density at radius 2 is 1.83 bits per heavy atom. The molecule has 1 aromatic rings. The molecule has 2 aliphatic rings. The number of hydrogen-bond donors (Lipinski definition) is 2. The van der Waals surface area contributed by atoms with Gasteiger partial charge in [0.15, 0.2) is 5.17 Å². The summed E-state index contributed by atoms with van der Waals surface area (Å²) >= 11 is 1.76. The maximum Gasteiger partial charge on any atom is 0.229 e. The highest BCUT2D eigenvalue weighted by Crippen LogP contribution is 2.28. The zero-order valence-electron chi connectivity index (χ0n) is 17.8. The molecule has 1 heterocycles. The molecule has 1 saturated carbocycles. The van der Waals surface area contributed by atoms with Gasteiger partial charge in [-0.1, -0.05) is 49.6 Å². The van der Waals surface area contributed by atoms with Gasteiger partial charge >= 0.3 is 0 Å². The van der Waals surface area contributed by atoms with Crippen molar-refractivity contribution in [3.8, 4) is 0 Å². The summed E-state index contributed by atoms with van der Waals surface area (Å²) in [5.74, 6) is 0.905. The number of nitrogens with zero attached hydrogens (tertiary/aromatic N) is 2. The summed E-state index contributed by atoms with van der Waals surface area (Å²) in [6.45, 7) is 0.421. The first kappa shape index (κ1) is 22.9. The highest BCUT2D eigenvalue weighted by Gasteiger charge is 2.29. The second kappa shape index (κ2) is 10.5. The standard InChI is InChI=1S/C21H32N4O3S2/c1-25-19(15-29-21(25)23-17-7-5-3-4-6-8-17)13-20(26)22-14-16-9-11-18(12-10-16)24-30(2,27)28/h9-12,17,19,24H,3-8,13-15H2,1-2H3,(H,22,26). The first-order chi connectivity index (χ1) is 14.3. The van der Waals surface area contributed by atoms with Crippen LogP contribution in [-0.4, -0.2) is 55.5 Å². The predicted molar refractivity (Wildman–Crippen MR) is 124 cm³/mol. The van der Waals surface area contributed by atoms with Crippen LogP contribution in [0.2, 0.25) is 0 Å². The molecule has 2 fully saturated rings.